The van der Waals surface area contributed by atoms with Gasteiger partial charge < -0.3 is 0 Å². The van der Waals surface area contributed by atoms with Gasteiger partial charge in [-0.3, -0.25) is 0 Å². The summed E-state index contributed by atoms with van der Waals surface area (Å²) in [4.78, 5) is 0. The zero-order valence-electron chi connectivity index (χ0n) is 18.3. The molecule has 0 heterocycles. The van der Waals surface area contributed by atoms with Gasteiger partial charge in [-0.25, -0.2) is 0 Å². The molecule has 30 heavy (non-hydrogen) atoms. The SMILES string of the molecule is CC.CC.c1ccc2c(c1)-c1ccccc1C21c2ccccc2-c2cc3c(cc21)C3. The summed E-state index contributed by atoms with van der Waals surface area (Å²) < 4.78 is 0. The minimum absolute atomic E-state index is 0.156. The molecule has 0 amide bonds. The molecule has 0 unspecified atom stereocenters. The molecule has 0 atom stereocenters. The Hall–Kier alpha value is -3.12. The van der Waals surface area contributed by atoms with Gasteiger partial charge >= 0.3 is 0 Å². The highest BCUT2D eigenvalue weighted by molar-refractivity contribution is 5.95. The van der Waals surface area contributed by atoms with E-state index in [1.807, 2.05) is 27.7 Å². The first-order valence-electron chi connectivity index (χ1n) is 11.3. The van der Waals surface area contributed by atoms with Gasteiger partial charge in [0.25, 0.3) is 0 Å². The fourth-order valence-electron chi connectivity index (χ4n) is 5.49. The molecular weight excluding hydrogens is 360 g/mol. The first kappa shape index (κ1) is 18.9. The van der Waals surface area contributed by atoms with Crippen LogP contribution in [0.5, 0.6) is 0 Å². The Morgan fingerprint density at radius 1 is 0.467 bits per heavy atom. The number of hydrogen-bond acceptors (Lipinski definition) is 0. The molecule has 0 nitrogen and oxygen atoms in total. The van der Waals surface area contributed by atoms with Crippen LogP contribution in [-0.2, 0) is 11.8 Å². The van der Waals surface area contributed by atoms with Crippen LogP contribution in [0.15, 0.2) is 84.9 Å². The number of hydrogen-bond donors (Lipinski definition) is 0. The van der Waals surface area contributed by atoms with Crippen molar-refractivity contribution in [3.8, 4) is 22.3 Å². The maximum Gasteiger partial charge on any atom is 0.0725 e. The first-order chi connectivity index (χ1) is 14.9. The van der Waals surface area contributed by atoms with Crippen molar-refractivity contribution in [3.63, 3.8) is 0 Å². The van der Waals surface area contributed by atoms with Crippen LogP contribution in [0.4, 0.5) is 0 Å². The number of rotatable bonds is 0. The van der Waals surface area contributed by atoms with E-state index >= 15 is 0 Å². The van der Waals surface area contributed by atoms with Gasteiger partial charge in [0, 0.05) is 0 Å². The van der Waals surface area contributed by atoms with E-state index in [2.05, 4.69) is 84.9 Å². The Kier molecular flexibility index (Phi) is 4.40. The summed E-state index contributed by atoms with van der Waals surface area (Å²) in [5, 5.41) is 0. The predicted molar refractivity (Wildman–Crippen MR) is 128 cm³/mol. The minimum atomic E-state index is -0.156. The van der Waals surface area contributed by atoms with E-state index in [0.29, 0.717) is 0 Å². The topological polar surface area (TPSA) is 0 Å². The lowest BCUT2D eigenvalue weighted by atomic mass is 9.70. The second-order valence-electron chi connectivity index (χ2n) is 7.73. The molecule has 0 saturated heterocycles. The number of benzene rings is 4. The van der Waals surface area contributed by atoms with E-state index < -0.39 is 0 Å². The van der Waals surface area contributed by atoms with Crippen molar-refractivity contribution in [3.05, 3.63) is 118 Å². The molecule has 0 radical (unpaired) electrons. The van der Waals surface area contributed by atoms with Crippen LogP contribution in [0, 0.1) is 0 Å². The molecular formula is C30H28. The highest BCUT2D eigenvalue weighted by atomic mass is 14.5. The van der Waals surface area contributed by atoms with E-state index in [-0.39, 0.29) is 5.41 Å². The molecule has 3 aliphatic carbocycles. The zero-order chi connectivity index (χ0) is 20.9. The van der Waals surface area contributed by atoms with Crippen LogP contribution in [-0.4, -0.2) is 0 Å². The average Bonchev–Trinajstić information content (AvgIpc) is 3.47. The van der Waals surface area contributed by atoms with Gasteiger partial charge in [0.2, 0.25) is 0 Å². The average molecular weight is 389 g/mol. The van der Waals surface area contributed by atoms with Crippen LogP contribution in [0.1, 0.15) is 61.1 Å². The van der Waals surface area contributed by atoms with Gasteiger partial charge in [-0.05, 0) is 62.1 Å². The summed E-state index contributed by atoms with van der Waals surface area (Å²) >= 11 is 0. The van der Waals surface area contributed by atoms with Crippen LogP contribution < -0.4 is 0 Å². The maximum atomic E-state index is 2.49. The Morgan fingerprint density at radius 2 is 0.867 bits per heavy atom. The smallest absolute Gasteiger partial charge is 0.0683 e. The fraction of sp³-hybridized carbons (Fsp3) is 0.200. The molecule has 1 spiro atoms. The fourth-order valence-corrected chi connectivity index (χ4v) is 5.49. The van der Waals surface area contributed by atoms with Crippen LogP contribution in [0.2, 0.25) is 0 Å². The molecule has 0 saturated carbocycles. The molecule has 7 rings (SSSR count). The minimum Gasteiger partial charge on any atom is -0.0683 e. The first-order valence-corrected chi connectivity index (χ1v) is 11.3. The van der Waals surface area contributed by atoms with Crippen molar-refractivity contribution < 1.29 is 0 Å². The third-order valence-electron chi connectivity index (χ3n) is 6.57. The summed E-state index contributed by atoms with van der Waals surface area (Å²) in [7, 11) is 0. The molecule has 148 valence electrons. The third-order valence-corrected chi connectivity index (χ3v) is 6.57. The summed E-state index contributed by atoms with van der Waals surface area (Å²) in [5.74, 6) is 0. The Balaban J connectivity index is 0.000000457. The second kappa shape index (κ2) is 6.99. The lowest BCUT2D eigenvalue weighted by molar-refractivity contribution is 0.794. The van der Waals surface area contributed by atoms with Crippen molar-refractivity contribution in [1.82, 2.24) is 0 Å². The molecule has 3 aliphatic rings. The molecule has 0 bridgehead atoms. The van der Waals surface area contributed by atoms with Gasteiger partial charge in [-0.15, -0.1) is 0 Å². The van der Waals surface area contributed by atoms with Gasteiger partial charge in [-0.2, -0.15) is 0 Å². The van der Waals surface area contributed by atoms with Crippen LogP contribution in [0.25, 0.3) is 22.3 Å². The van der Waals surface area contributed by atoms with Crippen molar-refractivity contribution in [2.45, 2.75) is 39.5 Å². The van der Waals surface area contributed by atoms with Gasteiger partial charge in [-0.1, -0.05) is 113 Å². The highest BCUT2D eigenvalue weighted by Gasteiger charge is 2.52. The monoisotopic (exact) mass is 388 g/mol. The van der Waals surface area contributed by atoms with Crippen molar-refractivity contribution in [2.24, 2.45) is 0 Å². The Morgan fingerprint density at radius 3 is 1.37 bits per heavy atom. The standard InChI is InChI=1S/C26H16.2C2H6/c1-4-10-22-18(7-1)19-8-2-5-11-23(19)26(22)24-12-6-3-9-20(24)21-14-16-13-17(16)15-25(21)26;2*1-2/h1-12,14-15H,13H2;2*1-2H3. The van der Waals surface area contributed by atoms with Crippen molar-refractivity contribution in [2.75, 3.05) is 0 Å². The lowest BCUT2D eigenvalue weighted by Crippen LogP contribution is -2.25. The van der Waals surface area contributed by atoms with Crippen LogP contribution >= 0.6 is 0 Å². The van der Waals surface area contributed by atoms with Gasteiger partial charge in [0.1, 0.15) is 0 Å². The summed E-state index contributed by atoms with van der Waals surface area (Å²) in [5.41, 5.74) is 14.3. The van der Waals surface area contributed by atoms with Gasteiger partial charge in [0.05, 0.1) is 5.41 Å². The second-order valence-corrected chi connectivity index (χ2v) is 7.73. The maximum absolute atomic E-state index is 2.49. The molecule has 0 heteroatoms. The quantitative estimate of drug-likeness (QED) is 0.247. The summed E-state index contributed by atoms with van der Waals surface area (Å²) in [6, 6.07) is 32.0. The molecule has 0 fully saturated rings. The van der Waals surface area contributed by atoms with Gasteiger partial charge in [0.15, 0.2) is 0 Å². The Bertz CT molecular complexity index is 1210. The molecule has 4 aromatic carbocycles. The van der Waals surface area contributed by atoms with Crippen molar-refractivity contribution in [1.29, 1.82) is 0 Å². The zero-order valence-corrected chi connectivity index (χ0v) is 18.3. The molecule has 0 aromatic heterocycles. The highest BCUT2D eigenvalue weighted by Crippen LogP contribution is 2.63. The van der Waals surface area contributed by atoms with E-state index in [4.69, 9.17) is 0 Å². The van der Waals surface area contributed by atoms with E-state index in [0.717, 1.165) is 6.42 Å². The van der Waals surface area contributed by atoms with Crippen molar-refractivity contribution >= 4 is 0 Å². The molecule has 4 aromatic rings. The summed E-state index contributed by atoms with van der Waals surface area (Å²) in [6.45, 7) is 8.00. The van der Waals surface area contributed by atoms with E-state index in [1.54, 1.807) is 0 Å². The number of fused-ring (bicyclic) bond motifs is 11. The Labute approximate surface area is 180 Å². The van der Waals surface area contributed by atoms with Crippen LogP contribution in [0.3, 0.4) is 0 Å². The largest absolute Gasteiger partial charge is 0.0725 e. The molecule has 0 aliphatic heterocycles. The third kappa shape index (κ3) is 2.22. The molecule has 0 N–H and O–H groups in total. The van der Waals surface area contributed by atoms with E-state index in [9.17, 15) is 0 Å². The predicted octanol–water partition coefficient (Wildman–Crippen LogP) is 7.99. The lowest BCUT2D eigenvalue weighted by Gasteiger charge is -2.30. The normalized spacial score (nSPS) is 14.1. The summed E-state index contributed by atoms with van der Waals surface area (Å²) in [6.07, 6.45) is 1.16. The van der Waals surface area contributed by atoms with E-state index in [1.165, 1.54) is 55.6 Å².